The molecule has 0 atom stereocenters. The normalized spacial score (nSPS) is 13.9. The van der Waals surface area contributed by atoms with Gasteiger partial charge in [-0.05, 0) is 17.7 Å². The van der Waals surface area contributed by atoms with E-state index in [0.717, 1.165) is 12.1 Å². The first kappa shape index (κ1) is 17.5. The van der Waals surface area contributed by atoms with Crippen molar-refractivity contribution in [3.8, 4) is 0 Å². The number of nitrogens with zero attached hydrogens (tertiary/aromatic N) is 1. The monoisotopic (exact) mass is 319 g/mol. The van der Waals surface area contributed by atoms with Crippen LogP contribution in [-0.2, 0) is 12.7 Å². The molecule has 6 heteroatoms. The third-order valence-corrected chi connectivity index (χ3v) is 10.8. The van der Waals surface area contributed by atoms with E-state index in [9.17, 15) is 13.2 Å². The largest absolute Gasteiger partial charge is 0.416 e. The molecule has 1 aromatic rings. The van der Waals surface area contributed by atoms with Crippen molar-refractivity contribution in [2.24, 2.45) is 0 Å². The van der Waals surface area contributed by atoms with Crippen LogP contribution in [0.4, 0.5) is 13.2 Å². The number of rotatable bonds is 4. The van der Waals surface area contributed by atoms with E-state index in [2.05, 4.69) is 43.5 Å². The van der Waals surface area contributed by atoms with Crippen molar-refractivity contribution < 1.29 is 13.2 Å². The minimum atomic E-state index is -4.25. The minimum absolute atomic E-state index is 0.575. The third-order valence-electron chi connectivity index (χ3n) is 3.24. The summed E-state index contributed by atoms with van der Waals surface area (Å²) in [6, 6.07) is 5.58. The van der Waals surface area contributed by atoms with Crippen molar-refractivity contribution in [3.63, 3.8) is 0 Å². The molecule has 0 fully saturated rings. The molecule has 0 aliphatic heterocycles. The number of hydrogen-bond acceptors (Lipinski definition) is 1. The van der Waals surface area contributed by atoms with Gasteiger partial charge >= 0.3 is 6.18 Å². The first-order valence-corrected chi connectivity index (χ1v) is 13.6. The predicted molar refractivity (Wildman–Crippen MR) is 83.7 cm³/mol. The second kappa shape index (κ2) is 5.65. The van der Waals surface area contributed by atoms with Gasteiger partial charge in [0, 0.05) is 6.54 Å². The van der Waals surface area contributed by atoms with E-state index < -0.39 is 28.2 Å². The fourth-order valence-electron chi connectivity index (χ4n) is 2.46. The van der Waals surface area contributed by atoms with E-state index in [-0.39, 0.29) is 0 Å². The van der Waals surface area contributed by atoms with Crippen LogP contribution in [0.5, 0.6) is 0 Å². The maximum absolute atomic E-state index is 12.6. The van der Waals surface area contributed by atoms with Gasteiger partial charge in [0.05, 0.1) is 5.56 Å². The molecule has 0 bridgehead atoms. The van der Waals surface area contributed by atoms with Crippen LogP contribution in [0.3, 0.4) is 0 Å². The van der Waals surface area contributed by atoms with Crippen molar-refractivity contribution in [1.29, 1.82) is 0 Å². The van der Waals surface area contributed by atoms with Crippen LogP contribution < -0.4 is 0 Å². The number of benzene rings is 1. The van der Waals surface area contributed by atoms with Gasteiger partial charge in [-0.15, -0.1) is 0 Å². The summed E-state index contributed by atoms with van der Waals surface area (Å²) in [7, 11) is -2.96. The maximum Gasteiger partial charge on any atom is 0.416 e. The van der Waals surface area contributed by atoms with Crippen molar-refractivity contribution >= 4 is 16.5 Å². The second-order valence-electron chi connectivity index (χ2n) is 7.12. The van der Waals surface area contributed by atoms with E-state index in [4.69, 9.17) is 0 Å². The topological polar surface area (TPSA) is 3.24 Å². The summed E-state index contributed by atoms with van der Waals surface area (Å²) in [5.41, 5.74) is 0.386. The van der Waals surface area contributed by atoms with Crippen LogP contribution >= 0.6 is 0 Å². The lowest BCUT2D eigenvalue weighted by Gasteiger charge is -2.43. The molecule has 0 radical (unpaired) electrons. The fourth-order valence-corrected chi connectivity index (χ4v) is 11.8. The average Bonchev–Trinajstić information content (AvgIpc) is 2.22. The van der Waals surface area contributed by atoms with Crippen LogP contribution in [0.15, 0.2) is 24.3 Å². The molecule has 114 valence electrons. The molecule has 20 heavy (non-hydrogen) atoms. The van der Waals surface area contributed by atoms with Crippen LogP contribution in [0.1, 0.15) is 11.1 Å². The van der Waals surface area contributed by atoms with Crippen molar-refractivity contribution in [2.45, 2.75) is 52.0 Å². The second-order valence-corrected chi connectivity index (χ2v) is 17.3. The molecular weight excluding hydrogens is 295 g/mol. The van der Waals surface area contributed by atoms with Gasteiger partial charge in [0.25, 0.3) is 0 Å². The first-order valence-electron chi connectivity index (χ1n) is 6.76. The summed E-state index contributed by atoms with van der Waals surface area (Å²) in [4.78, 5) is 0. The number of halogens is 3. The molecule has 0 amide bonds. The quantitative estimate of drug-likeness (QED) is 0.691. The Bertz CT molecular complexity index is 427. The van der Waals surface area contributed by atoms with Crippen LogP contribution in [-0.4, -0.2) is 20.7 Å². The SMILES string of the molecule is C[Si](C)(C)N(Cc1ccc(C(F)(F)F)cc1)[Si](C)(C)C. The van der Waals surface area contributed by atoms with Crippen molar-refractivity contribution in [2.75, 3.05) is 0 Å². The van der Waals surface area contributed by atoms with Gasteiger partial charge in [0.15, 0.2) is 0 Å². The van der Waals surface area contributed by atoms with Gasteiger partial charge < -0.3 is 4.23 Å². The fraction of sp³-hybridized carbons (Fsp3) is 0.571. The van der Waals surface area contributed by atoms with E-state index in [1.165, 1.54) is 12.1 Å². The van der Waals surface area contributed by atoms with Gasteiger partial charge in [0.2, 0.25) is 0 Å². The molecule has 1 nitrogen and oxygen atoms in total. The molecule has 0 heterocycles. The Labute approximate surface area is 122 Å². The summed E-state index contributed by atoms with van der Waals surface area (Å²) >= 11 is 0. The smallest absolute Gasteiger partial charge is 0.342 e. The zero-order valence-electron chi connectivity index (χ0n) is 13.1. The van der Waals surface area contributed by atoms with E-state index in [0.29, 0.717) is 0 Å². The lowest BCUT2D eigenvalue weighted by atomic mass is 10.1. The first-order chi connectivity index (χ1) is 8.82. The molecule has 0 saturated carbocycles. The van der Waals surface area contributed by atoms with Crippen LogP contribution in [0, 0.1) is 0 Å². The Morgan fingerprint density at radius 3 is 1.55 bits per heavy atom. The summed E-state index contributed by atoms with van der Waals surface area (Å²) in [5, 5.41) is 0. The van der Waals surface area contributed by atoms with Crippen LogP contribution in [0.2, 0.25) is 39.3 Å². The molecule has 0 aromatic heterocycles. The lowest BCUT2D eigenvalue weighted by molar-refractivity contribution is -0.137. The third kappa shape index (κ3) is 4.75. The minimum Gasteiger partial charge on any atom is -0.342 e. The average molecular weight is 320 g/mol. The summed E-state index contributed by atoms with van der Waals surface area (Å²) in [6.45, 7) is 14.5. The Morgan fingerprint density at radius 2 is 1.25 bits per heavy atom. The van der Waals surface area contributed by atoms with Gasteiger partial charge in [-0.2, -0.15) is 13.2 Å². The van der Waals surface area contributed by atoms with Crippen molar-refractivity contribution in [3.05, 3.63) is 35.4 Å². The Hall–Kier alpha value is -0.596. The predicted octanol–water partition coefficient (Wildman–Crippen LogP) is 5.18. The van der Waals surface area contributed by atoms with Crippen LogP contribution in [0.25, 0.3) is 0 Å². The van der Waals surface area contributed by atoms with E-state index >= 15 is 0 Å². The molecule has 0 N–H and O–H groups in total. The highest BCUT2D eigenvalue weighted by molar-refractivity contribution is 6.89. The van der Waals surface area contributed by atoms with E-state index in [1.54, 1.807) is 12.1 Å². The molecule has 0 spiro atoms. The maximum atomic E-state index is 12.6. The highest BCUT2D eigenvalue weighted by Gasteiger charge is 2.34. The molecule has 0 saturated heterocycles. The number of hydrogen-bond donors (Lipinski definition) is 0. The Kier molecular flexibility index (Phi) is 4.93. The Balaban J connectivity index is 2.97. The van der Waals surface area contributed by atoms with E-state index in [1.807, 2.05) is 0 Å². The molecular formula is C14H24F3NSi2. The summed E-state index contributed by atoms with van der Waals surface area (Å²) in [6.07, 6.45) is -4.25. The summed E-state index contributed by atoms with van der Waals surface area (Å²) < 4.78 is 40.2. The van der Waals surface area contributed by atoms with Gasteiger partial charge in [-0.25, -0.2) is 0 Å². The highest BCUT2D eigenvalue weighted by atomic mass is 28.4. The zero-order valence-corrected chi connectivity index (χ0v) is 15.1. The molecule has 1 rings (SSSR count). The standard InChI is InChI=1S/C14H24F3NSi2/c1-19(2,3)18(20(4,5)6)11-12-7-9-13(10-8-12)14(15,16)17/h7-10H,11H2,1-6H3. The lowest BCUT2D eigenvalue weighted by Crippen LogP contribution is -2.58. The van der Waals surface area contributed by atoms with Gasteiger partial charge in [-0.3, -0.25) is 0 Å². The Morgan fingerprint density at radius 1 is 0.850 bits per heavy atom. The van der Waals surface area contributed by atoms with Crippen molar-refractivity contribution in [1.82, 2.24) is 4.23 Å². The molecule has 1 aromatic carbocycles. The summed E-state index contributed by atoms with van der Waals surface area (Å²) in [5.74, 6) is 0. The zero-order chi connectivity index (χ0) is 15.8. The highest BCUT2D eigenvalue weighted by Crippen LogP contribution is 2.30. The van der Waals surface area contributed by atoms with Gasteiger partial charge in [-0.1, -0.05) is 51.4 Å². The molecule has 0 unspecified atom stereocenters. The number of alkyl halides is 3. The van der Waals surface area contributed by atoms with Gasteiger partial charge in [0.1, 0.15) is 16.5 Å². The molecule has 0 aliphatic rings. The molecule has 0 aliphatic carbocycles.